The molecular weight excluding hydrogens is 344 g/mol. The Morgan fingerprint density at radius 3 is 1.61 bits per heavy atom. The summed E-state index contributed by atoms with van der Waals surface area (Å²) in [6.45, 7) is 10.9. The molecule has 0 spiro atoms. The van der Waals surface area contributed by atoms with E-state index in [0.717, 1.165) is 0 Å². The van der Waals surface area contributed by atoms with Crippen LogP contribution in [0.15, 0.2) is 72.8 Å². The molecule has 0 saturated heterocycles. The molecule has 0 aliphatic carbocycles. The Balaban J connectivity index is 1.96. The summed E-state index contributed by atoms with van der Waals surface area (Å²) in [7, 11) is 0. The molecule has 3 aromatic carbocycles. The van der Waals surface area contributed by atoms with E-state index in [2.05, 4.69) is 95.3 Å². The normalized spacial score (nSPS) is 12.1. The van der Waals surface area contributed by atoms with E-state index < -0.39 is 0 Å². The van der Waals surface area contributed by atoms with Crippen molar-refractivity contribution in [3.8, 4) is 5.75 Å². The van der Waals surface area contributed by atoms with Gasteiger partial charge in [0.15, 0.2) is 6.79 Å². The Hall–Kier alpha value is -2.58. The summed E-state index contributed by atoms with van der Waals surface area (Å²) in [6, 6.07) is 25.7. The Kier molecular flexibility index (Phi) is 5.62. The van der Waals surface area contributed by atoms with Gasteiger partial charge in [0.05, 0.1) is 0 Å². The highest BCUT2D eigenvalue weighted by molar-refractivity contribution is 5.45. The molecule has 2 heteroatoms. The maximum absolute atomic E-state index is 8.92. The van der Waals surface area contributed by atoms with Crippen LogP contribution in [0, 0.1) is 6.92 Å². The summed E-state index contributed by atoms with van der Waals surface area (Å²) in [4.78, 5) is 0. The molecule has 0 saturated carbocycles. The van der Waals surface area contributed by atoms with Crippen molar-refractivity contribution in [1.29, 1.82) is 0 Å². The first-order chi connectivity index (χ1) is 13.2. The molecule has 0 atom stereocenters. The molecule has 0 amide bonds. The summed E-state index contributed by atoms with van der Waals surface area (Å²) in [5.74, 6) is 0.677. The second kappa shape index (κ2) is 7.81. The average molecular weight is 375 g/mol. The number of rotatable bonds is 6. The third kappa shape index (κ3) is 3.98. The highest BCUT2D eigenvalue weighted by Gasteiger charge is 2.27. The van der Waals surface area contributed by atoms with E-state index in [9.17, 15) is 0 Å². The average Bonchev–Trinajstić information content (AvgIpc) is 2.69. The van der Waals surface area contributed by atoms with E-state index in [0.29, 0.717) is 5.75 Å². The van der Waals surface area contributed by atoms with Gasteiger partial charge in [-0.2, -0.15) is 0 Å². The predicted octanol–water partition coefficient (Wildman–Crippen LogP) is 5.98. The highest BCUT2D eigenvalue weighted by Crippen LogP contribution is 2.37. The van der Waals surface area contributed by atoms with Gasteiger partial charge in [-0.05, 0) is 41.3 Å². The number of hydrogen-bond donors (Lipinski definition) is 1. The SMILES string of the molecule is Cc1ccc(C(C)(C)c2cccc(C(C)(C)c3ccc(OCO)cc3)c2)cc1. The molecule has 0 bridgehead atoms. The third-order valence-electron chi connectivity index (χ3n) is 5.89. The zero-order valence-electron chi connectivity index (χ0n) is 17.5. The first-order valence-corrected chi connectivity index (χ1v) is 9.77. The molecule has 146 valence electrons. The monoisotopic (exact) mass is 374 g/mol. The van der Waals surface area contributed by atoms with Crippen LogP contribution in [0.2, 0.25) is 0 Å². The smallest absolute Gasteiger partial charge is 0.186 e. The lowest BCUT2D eigenvalue weighted by atomic mass is 9.73. The van der Waals surface area contributed by atoms with Gasteiger partial charge in [-0.1, -0.05) is 93.9 Å². The van der Waals surface area contributed by atoms with Crippen LogP contribution in [-0.4, -0.2) is 11.9 Å². The molecule has 3 aromatic rings. The summed E-state index contributed by atoms with van der Waals surface area (Å²) in [5, 5.41) is 8.92. The summed E-state index contributed by atoms with van der Waals surface area (Å²) in [6.07, 6.45) is 0. The lowest BCUT2D eigenvalue weighted by Crippen LogP contribution is -2.23. The van der Waals surface area contributed by atoms with E-state index in [-0.39, 0.29) is 17.6 Å². The predicted molar refractivity (Wildman–Crippen MR) is 116 cm³/mol. The van der Waals surface area contributed by atoms with Gasteiger partial charge in [-0.3, -0.25) is 0 Å². The quantitative estimate of drug-likeness (QED) is 0.538. The second-order valence-electron chi connectivity index (χ2n) is 8.49. The van der Waals surface area contributed by atoms with Crippen molar-refractivity contribution >= 4 is 0 Å². The standard InChI is InChI=1S/C26H30O2/c1-19-9-11-20(12-10-19)25(2,3)22-7-6-8-23(17-22)26(4,5)21-13-15-24(16-14-21)28-18-27/h6-17,27H,18H2,1-5H3. The van der Waals surface area contributed by atoms with Crippen LogP contribution in [0.1, 0.15) is 55.5 Å². The molecule has 0 aromatic heterocycles. The fourth-order valence-electron chi connectivity index (χ4n) is 3.64. The molecule has 0 heterocycles. The van der Waals surface area contributed by atoms with E-state index in [4.69, 9.17) is 9.84 Å². The molecular formula is C26H30O2. The first kappa shape index (κ1) is 20.2. The van der Waals surface area contributed by atoms with Crippen LogP contribution in [0.25, 0.3) is 0 Å². The van der Waals surface area contributed by atoms with Crippen molar-refractivity contribution in [3.05, 3.63) is 101 Å². The molecule has 3 rings (SSSR count). The van der Waals surface area contributed by atoms with Crippen molar-refractivity contribution in [2.75, 3.05) is 6.79 Å². The zero-order chi connectivity index (χ0) is 20.4. The minimum absolute atomic E-state index is 0.0708. The maximum Gasteiger partial charge on any atom is 0.186 e. The molecule has 0 unspecified atom stereocenters. The van der Waals surface area contributed by atoms with Crippen molar-refractivity contribution in [1.82, 2.24) is 0 Å². The summed E-state index contributed by atoms with van der Waals surface area (Å²) < 4.78 is 5.16. The molecule has 0 radical (unpaired) electrons. The Morgan fingerprint density at radius 2 is 1.14 bits per heavy atom. The highest BCUT2D eigenvalue weighted by atomic mass is 16.6. The molecule has 2 nitrogen and oxygen atoms in total. The summed E-state index contributed by atoms with van der Waals surface area (Å²) in [5.41, 5.74) is 6.18. The molecule has 28 heavy (non-hydrogen) atoms. The third-order valence-corrected chi connectivity index (χ3v) is 5.89. The Bertz CT molecular complexity index is 919. The van der Waals surface area contributed by atoms with E-state index in [1.54, 1.807) is 0 Å². The fraction of sp³-hybridized carbons (Fsp3) is 0.308. The van der Waals surface area contributed by atoms with Crippen LogP contribution < -0.4 is 4.74 Å². The lowest BCUT2D eigenvalue weighted by Gasteiger charge is -2.31. The van der Waals surface area contributed by atoms with Gasteiger partial charge >= 0.3 is 0 Å². The maximum atomic E-state index is 8.92. The van der Waals surface area contributed by atoms with Crippen molar-refractivity contribution in [2.45, 2.75) is 45.4 Å². The van der Waals surface area contributed by atoms with Crippen molar-refractivity contribution in [2.24, 2.45) is 0 Å². The number of aryl methyl sites for hydroxylation is 1. The number of aliphatic hydroxyl groups is 1. The number of hydrogen-bond acceptors (Lipinski definition) is 2. The number of benzene rings is 3. The van der Waals surface area contributed by atoms with Gasteiger partial charge in [0.25, 0.3) is 0 Å². The largest absolute Gasteiger partial charge is 0.468 e. The molecule has 0 aliphatic heterocycles. The van der Waals surface area contributed by atoms with Crippen LogP contribution in [0.3, 0.4) is 0 Å². The number of ether oxygens (including phenoxy) is 1. The van der Waals surface area contributed by atoms with Crippen LogP contribution in [-0.2, 0) is 10.8 Å². The van der Waals surface area contributed by atoms with Gasteiger partial charge < -0.3 is 9.84 Å². The minimum atomic E-state index is -0.307. The van der Waals surface area contributed by atoms with Crippen LogP contribution in [0.5, 0.6) is 5.75 Å². The molecule has 0 aliphatic rings. The minimum Gasteiger partial charge on any atom is -0.468 e. The van der Waals surface area contributed by atoms with Crippen LogP contribution >= 0.6 is 0 Å². The van der Waals surface area contributed by atoms with E-state index in [1.165, 1.54) is 27.8 Å². The van der Waals surface area contributed by atoms with Crippen molar-refractivity contribution in [3.63, 3.8) is 0 Å². The van der Waals surface area contributed by atoms with Gasteiger partial charge in [0, 0.05) is 10.8 Å². The van der Waals surface area contributed by atoms with E-state index in [1.807, 2.05) is 12.1 Å². The number of aliphatic hydroxyl groups excluding tert-OH is 1. The Labute approximate surface area is 168 Å². The second-order valence-corrected chi connectivity index (χ2v) is 8.49. The van der Waals surface area contributed by atoms with Gasteiger partial charge in [0.1, 0.15) is 5.75 Å². The van der Waals surface area contributed by atoms with Crippen LogP contribution in [0.4, 0.5) is 0 Å². The van der Waals surface area contributed by atoms with Gasteiger partial charge in [0.2, 0.25) is 0 Å². The Morgan fingerprint density at radius 1 is 0.679 bits per heavy atom. The first-order valence-electron chi connectivity index (χ1n) is 9.77. The van der Waals surface area contributed by atoms with Crippen molar-refractivity contribution < 1.29 is 9.84 Å². The topological polar surface area (TPSA) is 29.5 Å². The molecule has 1 N–H and O–H groups in total. The van der Waals surface area contributed by atoms with Gasteiger partial charge in [-0.25, -0.2) is 0 Å². The zero-order valence-corrected chi connectivity index (χ0v) is 17.5. The molecule has 0 fully saturated rings. The fourth-order valence-corrected chi connectivity index (χ4v) is 3.64. The lowest BCUT2D eigenvalue weighted by molar-refractivity contribution is 0.0985. The summed E-state index contributed by atoms with van der Waals surface area (Å²) >= 11 is 0. The van der Waals surface area contributed by atoms with E-state index >= 15 is 0 Å². The van der Waals surface area contributed by atoms with Gasteiger partial charge in [-0.15, -0.1) is 0 Å².